The second-order valence-electron chi connectivity index (χ2n) is 14.0. The van der Waals surface area contributed by atoms with Gasteiger partial charge in [-0.2, -0.15) is 12.1 Å². The molecule has 0 aliphatic rings. The first-order chi connectivity index (χ1) is 23.8. The molecule has 50 heavy (non-hydrogen) atoms. The molecule has 1 radical (unpaired) electrons. The Hall–Kier alpha value is -3.43. The van der Waals surface area contributed by atoms with Crippen LogP contribution in [0, 0.1) is 13.8 Å². The van der Waals surface area contributed by atoms with Crippen molar-refractivity contribution in [2.75, 3.05) is 0 Å². The molecule has 0 fully saturated rings. The number of halogens is 2. The first-order valence-electron chi connectivity index (χ1n) is 16.5. The van der Waals surface area contributed by atoms with Gasteiger partial charge >= 0.3 is 45.4 Å². The fourth-order valence-corrected chi connectivity index (χ4v) is 5.67. The number of carbonyl (C=O) groups is 2. The molecular weight excluding hydrogens is 737 g/mol. The summed E-state index contributed by atoms with van der Waals surface area (Å²) >= 11 is -0.826. The van der Waals surface area contributed by atoms with Crippen LogP contribution in [-0.4, -0.2) is 20.4 Å². The molecule has 0 unspecified atom stereocenters. The van der Waals surface area contributed by atoms with Crippen LogP contribution >= 0.6 is 17.0 Å². The average molecular weight is 784 g/mol. The molecule has 0 spiro atoms. The van der Waals surface area contributed by atoms with Crippen molar-refractivity contribution in [1.82, 2.24) is 10.5 Å². The molecular formula is C42H46BCl2N2O2Zr. The van der Waals surface area contributed by atoms with E-state index in [4.69, 9.17) is 17.0 Å². The third kappa shape index (κ3) is 11.3. The van der Waals surface area contributed by atoms with Crippen molar-refractivity contribution >= 4 is 58.9 Å². The van der Waals surface area contributed by atoms with E-state index in [-0.39, 0.29) is 10.8 Å². The number of benzene rings is 4. The van der Waals surface area contributed by atoms with Gasteiger partial charge in [0.2, 0.25) is 0 Å². The van der Waals surface area contributed by atoms with Crippen molar-refractivity contribution in [2.45, 2.75) is 66.2 Å². The average Bonchev–Trinajstić information content (AvgIpc) is 3.73. The van der Waals surface area contributed by atoms with Crippen molar-refractivity contribution in [3.8, 4) is 22.3 Å². The molecule has 0 bridgehead atoms. The Balaban J connectivity index is 0.000000214. The molecule has 0 aliphatic carbocycles. The zero-order chi connectivity index (χ0) is 36.9. The van der Waals surface area contributed by atoms with Crippen molar-refractivity contribution in [1.29, 1.82) is 0 Å². The van der Waals surface area contributed by atoms with Gasteiger partial charge in [-0.05, 0) is 46.9 Å². The number of carbonyl (C=O) groups excluding carboxylic acids is 2. The molecule has 6 aromatic carbocycles. The quantitative estimate of drug-likeness (QED) is 0.0765. The summed E-state index contributed by atoms with van der Waals surface area (Å²) in [5.41, 5.74) is 11.2. The fraction of sp³-hybridized carbons (Fsp3) is 0.238. The summed E-state index contributed by atoms with van der Waals surface area (Å²) in [4.78, 5) is 18.8. The number of hydrogen-bond acceptors (Lipinski definition) is 2. The van der Waals surface area contributed by atoms with Crippen LogP contribution in [0.5, 0.6) is 0 Å². The van der Waals surface area contributed by atoms with E-state index in [9.17, 15) is 9.59 Å². The molecule has 0 aromatic heterocycles. The van der Waals surface area contributed by atoms with E-state index in [0.717, 1.165) is 7.55 Å². The molecule has 2 amide bonds. The van der Waals surface area contributed by atoms with Crippen molar-refractivity contribution < 1.29 is 30.4 Å². The van der Waals surface area contributed by atoms with E-state index in [1.54, 1.807) is 0 Å². The maximum absolute atomic E-state index is 9.38. The summed E-state index contributed by atoms with van der Waals surface area (Å²) in [5, 5.41) is 9.62. The Kier molecular flexibility index (Phi) is 15.8. The first kappa shape index (κ1) is 41.0. The summed E-state index contributed by atoms with van der Waals surface area (Å²) in [6.45, 7) is 18.0. The molecule has 4 nitrogen and oxygen atoms in total. The minimum atomic E-state index is -0.826. The Morgan fingerprint density at radius 1 is 0.580 bits per heavy atom. The Bertz CT molecular complexity index is 1840. The number of amides is 2. The van der Waals surface area contributed by atoms with Crippen molar-refractivity contribution in [3.63, 3.8) is 0 Å². The summed E-state index contributed by atoms with van der Waals surface area (Å²) in [6, 6.07) is 39.8. The van der Waals surface area contributed by atoms with Crippen LogP contribution < -0.4 is 10.5 Å². The van der Waals surface area contributed by atoms with E-state index in [2.05, 4.69) is 175 Å². The predicted octanol–water partition coefficient (Wildman–Crippen LogP) is 11.1. The summed E-state index contributed by atoms with van der Waals surface area (Å²) in [6.07, 6.45) is 0.910. The number of fused-ring (bicyclic) bond motifs is 2. The van der Waals surface area contributed by atoms with Gasteiger partial charge in [0.1, 0.15) is 0 Å². The standard InChI is InChI=1S/2C20H21.C2H4BN2O2.2ClH.Zr/c2*1-14-8-5-6-10-17(14)18-11-7-9-15-12-16(13-19(15)18)20(2,3)4;6-1-4-3-5-2-7;;;/h2*5-13H,1-4H3;1-2H,(H,4,6)(H,5,7);2*1H;/q2*-1;;;;+4/p-2. The van der Waals surface area contributed by atoms with E-state index >= 15 is 0 Å². The van der Waals surface area contributed by atoms with E-state index in [1.165, 1.54) is 66.1 Å². The van der Waals surface area contributed by atoms with E-state index in [0.29, 0.717) is 12.8 Å². The van der Waals surface area contributed by atoms with Crippen LogP contribution in [0.3, 0.4) is 0 Å². The van der Waals surface area contributed by atoms with Crippen molar-refractivity contribution in [3.05, 3.63) is 131 Å². The second-order valence-corrected chi connectivity index (χ2v) is 17.8. The van der Waals surface area contributed by atoms with Crippen LogP contribution in [0.4, 0.5) is 0 Å². The third-order valence-corrected chi connectivity index (χ3v) is 8.41. The molecule has 2 N–H and O–H groups in total. The van der Waals surface area contributed by atoms with Gasteiger partial charge in [-0.25, -0.2) is 0 Å². The van der Waals surface area contributed by atoms with Crippen molar-refractivity contribution in [2.24, 2.45) is 0 Å². The van der Waals surface area contributed by atoms with E-state index < -0.39 is 20.8 Å². The van der Waals surface area contributed by atoms with Crippen LogP contribution in [0.2, 0.25) is 0 Å². The molecule has 0 saturated carbocycles. The topological polar surface area (TPSA) is 58.2 Å². The fourth-order valence-electron chi connectivity index (χ4n) is 5.67. The van der Waals surface area contributed by atoms with Gasteiger partial charge in [0.25, 0.3) is 0 Å². The Morgan fingerprint density at radius 2 is 0.920 bits per heavy atom. The number of hydrogen-bond donors (Lipinski definition) is 2. The van der Waals surface area contributed by atoms with Crippen LogP contribution in [-0.2, 0) is 41.3 Å². The summed E-state index contributed by atoms with van der Waals surface area (Å²) in [7, 11) is 11.0. The number of rotatable bonds is 6. The van der Waals surface area contributed by atoms with Gasteiger partial charge in [0, 0.05) is 0 Å². The Labute approximate surface area is 317 Å². The molecule has 0 heterocycles. The second kappa shape index (κ2) is 19.3. The maximum atomic E-state index is 9.38. The van der Waals surface area contributed by atoms with Gasteiger partial charge in [0.15, 0.2) is 12.8 Å². The molecule has 0 aliphatic heterocycles. The van der Waals surface area contributed by atoms with Crippen LogP contribution in [0.15, 0.2) is 109 Å². The van der Waals surface area contributed by atoms with Gasteiger partial charge < -0.3 is 10.5 Å². The first-order valence-corrected chi connectivity index (χ1v) is 22.8. The SMILES string of the molecule is Cc1ccccc1-c1cccc2[cH-]c(C(C)(C)C)cc12.Cc1ccccc1-c1cccc2[cH-]c(C(C)(C)C)cc12.O=CN[B]NC=O.[Cl][Zr+2][Cl]. The predicted molar refractivity (Wildman–Crippen MR) is 213 cm³/mol. The molecule has 257 valence electrons. The Morgan fingerprint density at radius 3 is 1.24 bits per heavy atom. The summed E-state index contributed by atoms with van der Waals surface area (Å²) in [5.74, 6) is 0. The molecule has 8 heteroatoms. The van der Waals surface area contributed by atoms with Crippen LogP contribution in [0.25, 0.3) is 43.8 Å². The monoisotopic (exact) mass is 781 g/mol. The number of nitrogens with one attached hydrogen (secondary N) is 2. The molecule has 0 atom stereocenters. The van der Waals surface area contributed by atoms with E-state index in [1.807, 2.05) is 0 Å². The zero-order valence-electron chi connectivity index (χ0n) is 30.2. The van der Waals surface area contributed by atoms with Gasteiger partial charge in [-0.15, -0.1) is 69.1 Å². The minimum absolute atomic E-state index is 0.196. The summed E-state index contributed by atoms with van der Waals surface area (Å²) < 4.78 is 0. The normalized spacial score (nSPS) is 10.7. The van der Waals surface area contributed by atoms with Crippen LogP contribution in [0.1, 0.15) is 63.8 Å². The molecule has 6 aromatic rings. The molecule has 0 saturated heterocycles. The zero-order valence-corrected chi connectivity index (χ0v) is 34.2. The van der Waals surface area contributed by atoms with Gasteiger partial charge in [0.05, 0.1) is 0 Å². The van der Waals surface area contributed by atoms with Gasteiger partial charge in [-0.1, -0.05) is 113 Å². The number of aryl methyl sites for hydroxylation is 2. The molecule has 6 rings (SSSR count). The third-order valence-electron chi connectivity index (χ3n) is 8.41. The van der Waals surface area contributed by atoms with Gasteiger partial charge in [-0.3, -0.25) is 9.59 Å².